The fourth-order valence-corrected chi connectivity index (χ4v) is 3.72. The molecule has 118 valence electrons. The van der Waals surface area contributed by atoms with Gasteiger partial charge in [-0.1, -0.05) is 40.2 Å². The van der Waals surface area contributed by atoms with Crippen molar-refractivity contribution >= 4 is 21.8 Å². The van der Waals surface area contributed by atoms with Crippen molar-refractivity contribution in [2.24, 2.45) is 0 Å². The van der Waals surface area contributed by atoms with Crippen molar-refractivity contribution in [2.75, 3.05) is 19.6 Å². The number of rotatable bonds is 2. The maximum atomic E-state index is 12.5. The number of fused-ring (bicyclic) bond motifs is 1. The lowest BCUT2D eigenvalue weighted by molar-refractivity contribution is 0.0218. The molecule has 2 heterocycles. The van der Waals surface area contributed by atoms with Crippen LogP contribution in [-0.4, -0.2) is 41.4 Å². The molecule has 2 aromatic carbocycles. The van der Waals surface area contributed by atoms with Gasteiger partial charge in [0.15, 0.2) is 0 Å². The Morgan fingerprint density at radius 2 is 1.70 bits per heavy atom. The van der Waals surface area contributed by atoms with Crippen molar-refractivity contribution in [1.82, 2.24) is 9.80 Å². The number of amides is 1. The van der Waals surface area contributed by atoms with E-state index in [9.17, 15) is 4.79 Å². The molecule has 0 spiro atoms. The van der Waals surface area contributed by atoms with Crippen molar-refractivity contribution in [3.05, 3.63) is 69.7 Å². The van der Waals surface area contributed by atoms with Gasteiger partial charge in [-0.2, -0.15) is 0 Å². The highest BCUT2D eigenvalue weighted by atomic mass is 79.9. The van der Waals surface area contributed by atoms with Crippen LogP contribution < -0.4 is 0 Å². The van der Waals surface area contributed by atoms with Gasteiger partial charge in [0.2, 0.25) is 0 Å². The van der Waals surface area contributed by atoms with Gasteiger partial charge in [-0.05, 0) is 41.8 Å². The third-order valence-electron chi connectivity index (χ3n) is 4.92. The molecule has 4 heteroatoms. The smallest absolute Gasteiger partial charge is 0.253 e. The Bertz CT molecular complexity index is 722. The quantitative estimate of drug-likeness (QED) is 0.809. The lowest BCUT2D eigenvalue weighted by atomic mass is 9.96. The van der Waals surface area contributed by atoms with Gasteiger partial charge in [-0.15, -0.1) is 0 Å². The van der Waals surface area contributed by atoms with Crippen LogP contribution in [-0.2, 0) is 13.0 Å². The molecule has 23 heavy (non-hydrogen) atoms. The summed E-state index contributed by atoms with van der Waals surface area (Å²) in [5, 5.41) is 0. The van der Waals surface area contributed by atoms with Crippen molar-refractivity contribution in [1.29, 1.82) is 0 Å². The van der Waals surface area contributed by atoms with E-state index in [0.29, 0.717) is 6.04 Å². The summed E-state index contributed by atoms with van der Waals surface area (Å²) in [5.41, 5.74) is 3.69. The molecule has 2 aliphatic heterocycles. The Hall–Kier alpha value is -1.65. The second-order valence-corrected chi connectivity index (χ2v) is 7.28. The molecule has 0 saturated carbocycles. The molecule has 0 radical (unpaired) electrons. The van der Waals surface area contributed by atoms with Crippen molar-refractivity contribution in [2.45, 2.75) is 19.0 Å². The Labute approximate surface area is 145 Å². The third-order valence-corrected chi connectivity index (χ3v) is 5.45. The second-order valence-electron chi connectivity index (χ2n) is 6.36. The van der Waals surface area contributed by atoms with E-state index in [0.717, 1.165) is 42.6 Å². The molecule has 0 N–H and O–H groups in total. The zero-order chi connectivity index (χ0) is 15.8. The molecule has 1 fully saturated rings. The van der Waals surface area contributed by atoms with E-state index >= 15 is 0 Å². The first-order chi connectivity index (χ1) is 11.2. The van der Waals surface area contributed by atoms with E-state index in [4.69, 9.17) is 0 Å². The lowest BCUT2D eigenvalue weighted by Gasteiger charge is -2.47. The number of likely N-dealkylation sites (tertiary alicyclic amines) is 1. The van der Waals surface area contributed by atoms with E-state index in [1.165, 1.54) is 11.1 Å². The van der Waals surface area contributed by atoms with Crippen LogP contribution in [0.3, 0.4) is 0 Å². The molecule has 1 amide bonds. The molecular formula is C19H19BrN2O. The van der Waals surface area contributed by atoms with E-state index < -0.39 is 0 Å². The van der Waals surface area contributed by atoms with Crippen molar-refractivity contribution in [3.63, 3.8) is 0 Å². The maximum absolute atomic E-state index is 12.5. The molecule has 2 aliphatic rings. The van der Waals surface area contributed by atoms with E-state index in [-0.39, 0.29) is 5.91 Å². The predicted molar refractivity (Wildman–Crippen MR) is 94.4 cm³/mol. The fourth-order valence-electron chi connectivity index (χ4n) is 3.46. The molecule has 4 rings (SSSR count). The SMILES string of the molecule is O=C(c1ccc(Br)cc1)N1CC(N2CCc3ccccc3C2)C1. The van der Waals surface area contributed by atoms with Crippen LogP contribution in [0.25, 0.3) is 0 Å². The summed E-state index contributed by atoms with van der Waals surface area (Å²) >= 11 is 3.41. The van der Waals surface area contributed by atoms with Crippen LogP contribution in [0.2, 0.25) is 0 Å². The Balaban J connectivity index is 1.37. The van der Waals surface area contributed by atoms with Crippen LogP contribution in [0.5, 0.6) is 0 Å². The molecule has 1 saturated heterocycles. The summed E-state index contributed by atoms with van der Waals surface area (Å²) in [6, 6.07) is 16.8. The van der Waals surface area contributed by atoms with Crippen LogP contribution in [0.15, 0.2) is 53.0 Å². The number of halogens is 1. The van der Waals surface area contributed by atoms with Crippen LogP contribution >= 0.6 is 15.9 Å². The molecule has 0 bridgehead atoms. The first kappa shape index (κ1) is 14.9. The molecule has 0 aromatic heterocycles. The summed E-state index contributed by atoms with van der Waals surface area (Å²) in [6.45, 7) is 3.80. The average Bonchev–Trinajstić information content (AvgIpc) is 2.54. The Morgan fingerprint density at radius 1 is 1.00 bits per heavy atom. The summed E-state index contributed by atoms with van der Waals surface area (Å²) in [6.07, 6.45) is 1.12. The first-order valence-electron chi connectivity index (χ1n) is 8.06. The summed E-state index contributed by atoms with van der Waals surface area (Å²) < 4.78 is 1.00. The minimum atomic E-state index is 0.145. The number of benzene rings is 2. The number of nitrogens with zero attached hydrogens (tertiary/aromatic N) is 2. The summed E-state index contributed by atoms with van der Waals surface area (Å²) in [4.78, 5) is 16.9. The van der Waals surface area contributed by atoms with Gasteiger partial charge in [-0.25, -0.2) is 0 Å². The Kier molecular flexibility index (Phi) is 3.95. The highest BCUT2D eigenvalue weighted by Gasteiger charge is 2.36. The predicted octanol–water partition coefficient (Wildman–Crippen LogP) is 3.33. The summed E-state index contributed by atoms with van der Waals surface area (Å²) in [7, 11) is 0. The topological polar surface area (TPSA) is 23.6 Å². The van der Waals surface area contributed by atoms with Gasteiger partial charge in [0.25, 0.3) is 5.91 Å². The number of carbonyl (C=O) groups excluding carboxylic acids is 1. The highest BCUT2D eigenvalue weighted by molar-refractivity contribution is 9.10. The molecule has 0 unspecified atom stereocenters. The number of hydrogen-bond acceptors (Lipinski definition) is 2. The van der Waals surface area contributed by atoms with Gasteiger partial charge in [-0.3, -0.25) is 9.69 Å². The second kappa shape index (κ2) is 6.10. The number of carbonyl (C=O) groups is 1. The van der Waals surface area contributed by atoms with E-state index in [1.807, 2.05) is 29.2 Å². The third kappa shape index (κ3) is 2.93. The minimum Gasteiger partial charge on any atom is -0.335 e. The lowest BCUT2D eigenvalue weighted by Crippen LogP contribution is -2.61. The first-order valence-corrected chi connectivity index (χ1v) is 8.86. The normalized spacial score (nSPS) is 18.4. The zero-order valence-electron chi connectivity index (χ0n) is 12.9. The van der Waals surface area contributed by atoms with Gasteiger partial charge in [0.1, 0.15) is 0 Å². The van der Waals surface area contributed by atoms with Gasteiger partial charge in [0, 0.05) is 42.3 Å². The van der Waals surface area contributed by atoms with E-state index in [2.05, 4.69) is 45.1 Å². The minimum absolute atomic E-state index is 0.145. The van der Waals surface area contributed by atoms with Gasteiger partial charge in [0.05, 0.1) is 0 Å². The molecule has 3 nitrogen and oxygen atoms in total. The van der Waals surface area contributed by atoms with Gasteiger partial charge < -0.3 is 4.90 Å². The maximum Gasteiger partial charge on any atom is 0.253 e. The average molecular weight is 371 g/mol. The van der Waals surface area contributed by atoms with Crippen molar-refractivity contribution in [3.8, 4) is 0 Å². The zero-order valence-corrected chi connectivity index (χ0v) is 14.5. The Morgan fingerprint density at radius 3 is 2.43 bits per heavy atom. The number of hydrogen-bond donors (Lipinski definition) is 0. The summed E-state index contributed by atoms with van der Waals surface area (Å²) in [5.74, 6) is 0.145. The fraction of sp³-hybridized carbons (Fsp3) is 0.316. The standard InChI is InChI=1S/C19H19BrN2O/c20-17-7-5-15(6-8-17)19(23)22-12-18(13-22)21-10-9-14-3-1-2-4-16(14)11-21/h1-8,18H,9-13H2. The van der Waals surface area contributed by atoms with Crippen LogP contribution in [0.4, 0.5) is 0 Å². The highest BCUT2D eigenvalue weighted by Crippen LogP contribution is 2.25. The monoisotopic (exact) mass is 370 g/mol. The molecule has 0 aliphatic carbocycles. The van der Waals surface area contributed by atoms with Crippen LogP contribution in [0.1, 0.15) is 21.5 Å². The molecule has 0 atom stereocenters. The van der Waals surface area contributed by atoms with Crippen LogP contribution in [0, 0.1) is 0 Å². The largest absolute Gasteiger partial charge is 0.335 e. The molecule has 2 aromatic rings. The van der Waals surface area contributed by atoms with Crippen molar-refractivity contribution < 1.29 is 4.79 Å². The molecular weight excluding hydrogens is 352 g/mol. The van der Waals surface area contributed by atoms with Gasteiger partial charge >= 0.3 is 0 Å². The van der Waals surface area contributed by atoms with E-state index in [1.54, 1.807) is 0 Å².